The standard InChI is InChI=1S/C16H21ClN2O2.ClH/c1-19(11-3-4-14(21-2)13(17)9-11)15(20)12-10-16(12)5-7-18-8-6-16;/h3-4,9,12,18H,5-8,10H2,1-2H3;1H. The van der Waals surface area contributed by atoms with Crippen molar-refractivity contribution in [2.75, 3.05) is 32.1 Å². The van der Waals surface area contributed by atoms with E-state index in [2.05, 4.69) is 5.32 Å². The summed E-state index contributed by atoms with van der Waals surface area (Å²) < 4.78 is 5.15. The number of piperidine rings is 1. The molecule has 1 aliphatic carbocycles. The van der Waals surface area contributed by atoms with Crippen molar-refractivity contribution in [1.82, 2.24) is 5.32 Å². The van der Waals surface area contributed by atoms with Crippen molar-refractivity contribution in [2.45, 2.75) is 19.3 Å². The SMILES string of the molecule is COc1ccc(N(C)C(=O)C2CC23CCNCC3)cc1Cl.Cl. The van der Waals surface area contributed by atoms with Crippen LogP contribution in [0.15, 0.2) is 18.2 Å². The molecular weight excluding hydrogens is 323 g/mol. The van der Waals surface area contributed by atoms with E-state index in [1.54, 1.807) is 24.1 Å². The fourth-order valence-electron chi connectivity index (χ4n) is 3.40. The van der Waals surface area contributed by atoms with Gasteiger partial charge in [-0.15, -0.1) is 12.4 Å². The highest BCUT2D eigenvalue weighted by atomic mass is 35.5. The molecule has 3 rings (SSSR count). The van der Waals surface area contributed by atoms with Crippen LogP contribution in [0, 0.1) is 11.3 Å². The van der Waals surface area contributed by atoms with E-state index in [-0.39, 0.29) is 29.6 Å². The van der Waals surface area contributed by atoms with Gasteiger partial charge in [0.1, 0.15) is 5.75 Å². The lowest BCUT2D eigenvalue weighted by molar-refractivity contribution is -0.120. The molecule has 122 valence electrons. The third-order valence-electron chi connectivity index (χ3n) is 4.94. The van der Waals surface area contributed by atoms with Crippen LogP contribution in [0.5, 0.6) is 5.75 Å². The molecule has 0 aromatic heterocycles. The predicted octanol–water partition coefficient (Wildman–Crippen LogP) is 3.12. The van der Waals surface area contributed by atoms with E-state index in [1.807, 2.05) is 13.1 Å². The minimum atomic E-state index is 0. The smallest absolute Gasteiger partial charge is 0.230 e. The number of ether oxygens (including phenoxy) is 1. The molecule has 2 aliphatic rings. The molecule has 4 nitrogen and oxygen atoms in total. The largest absolute Gasteiger partial charge is 0.495 e. The van der Waals surface area contributed by atoms with Gasteiger partial charge in [0.15, 0.2) is 0 Å². The number of nitrogens with one attached hydrogen (secondary N) is 1. The van der Waals surface area contributed by atoms with E-state index in [0.717, 1.165) is 38.0 Å². The van der Waals surface area contributed by atoms with Gasteiger partial charge in [0.05, 0.1) is 12.1 Å². The van der Waals surface area contributed by atoms with Gasteiger partial charge in [-0.1, -0.05) is 11.6 Å². The molecule has 2 fully saturated rings. The molecule has 1 saturated heterocycles. The molecule has 6 heteroatoms. The molecule has 1 aromatic rings. The Morgan fingerprint density at radius 2 is 2.09 bits per heavy atom. The van der Waals surface area contributed by atoms with E-state index in [1.165, 1.54) is 0 Å². The van der Waals surface area contributed by atoms with E-state index in [9.17, 15) is 4.79 Å². The molecule has 22 heavy (non-hydrogen) atoms. The third-order valence-corrected chi connectivity index (χ3v) is 5.24. The maximum absolute atomic E-state index is 12.7. The second kappa shape index (κ2) is 6.65. The fraction of sp³-hybridized carbons (Fsp3) is 0.562. The lowest BCUT2D eigenvalue weighted by Crippen LogP contribution is -2.34. The Hall–Kier alpha value is -0.970. The van der Waals surface area contributed by atoms with Gasteiger partial charge < -0.3 is 15.0 Å². The molecule has 0 radical (unpaired) electrons. The highest BCUT2D eigenvalue weighted by Gasteiger charge is 2.58. The van der Waals surface area contributed by atoms with Gasteiger partial charge >= 0.3 is 0 Å². The van der Waals surface area contributed by atoms with Crippen LogP contribution in [0.2, 0.25) is 5.02 Å². The fourth-order valence-corrected chi connectivity index (χ4v) is 3.65. The quantitative estimate of drug-likeness (QED) is 0.915. The summed E-state index contributed by atoms with van der Waals surface area (Å²) in [6.45, 7) is 2.06. The summed E-state index contributed by atoms with van der Waals surface area (Å²) in [5.41, 5.74) is 1.08. The normalized spacial score (nSPS) is 21.9. The number of hydrogen-bond donors (Lipinski definition) is 1. The third kappa shape index (κ3) is 3.05. The Morgan fingerprint density at radius 3 is 2.68 bits per heavy atom. The van der Waals surface area contributed by atoms with Crippen molar-refractivity contribution in [3.8, 4) is 5.75 Å². The summed E-state index contributed by atoms with van der Waals surface area (Å²) in [4.78, 5) is 14.4. The lowest BCUT2D eigenvalue weighted by atomic mass is 9.91. The number of hydrogen-bond acceptors (Lipinski definition) is 3. The van der Waals surface area contributed by atoms with E-state index < -0.39 is 0 Å². The van der Waals surface area contributed by atoms with Crippen LogP contribution in [0.4, 0.5) is 5.69 Å². The Balaban J connectivity index is 0.00000176. The molecule has 1 amide bonds. The van der Waals surface area contributed by atoms with Crippen molar-refractivity contribution in [2.24, 2.45) is 11.3 Å². The maximum atomic E-state index is 12.7. The Labute approximate surface area is 142 Å². The molecule has 1 aliphatic heterocycles. The van der Waals surface area contributed by atoms with Gasteiger partial charge in [0, 0.05) is 18.7 Å². The number of methoxy groups -OCH3 is 1. The molecule has 1 aromatic carbocycles. The van der Waals surface area contributed by atoms with Gasteiger partial charge in [-0.2, -0.15) is 0 Å². The summed E-state index contributed by atoms with van der Waals surface area (Å²) >= 11 is 6.14. The van der Waals surface area contributed by atoms with Crippen LogP contribution in [-0.4, -0.2) is 33.2 Å². The highest BCUT2D eigenvalue weighted by molar-refractivity contribution is 6.32. The molecule has 0 bridgehead atoms. The second-order valence-corrected chi connectivity index (χ2v) is 6.49. The topological polar surface area (TPSA) is 41.6 Å². The van der Waals surface area contributed by atoms with E-state index >= 15 is 0 Å². The van der Waals surface area contributed by atoms with Crippen LogP contribution < -0.4 is 15.0 Å². The number of carbonyl (C=O) groups excluding carboxylic acids is 1. The number of amides is 1. The molecule has 1 saturated carbocycles. The van der Waals surface area contributed by atoms with Crippen LogP contribution in [0.1, 0.15) is 19.3 Å². The van der Waals surface area contributed by atoms with Crippen molar-refractivity contribution in [1.29, 1.82) is 0 Å². The minimum absolute atomic E-state index is 0. The first-order valence-electron chi connectivity index (χ1n) is 7.39. The lowest BCUT2D eigenvalue weighted by Gasteiger charge is -2.25. The van der Waals surface area contributed by atoms with Crippen molar-refractivity contribution >= 4 is 35.6 Å². The summed E-state index contributed by atoms with van der Waals surface area (Å²) in [5.74, 6) is 1.01. The minimum Gasteiger partial charge on any atom is -0.495 e. The maximum Gasteiger partial charge on any atom is 0.230 e. The van der Waals surface area contributed by atoms with Gasteiger partial charge in [0.2, 0.25) is 5.91 Å². The molecule has 1 unspecified atom stereocenters. The Bertz CT molecular complexity index is 559. The summed E-state index contributed by atoms with van der Waals surface area (Å²) in [6, 6.07) is 5.46. The van der Waals surface area contributed by atoms with Crippen molar-refractivity contribution in [3.05, 3.63) is 23.2 Å². The Kier molecular flexibility index (Phi) is 5.25. The first kappa shape index (κ1) is 17.4. The van der Waals surface area contributed by atoms with Gasteiger partial charge in [0.25, 0.3) is 0 Å². The second-order valence-electron chi connectivity index (χ2n) is 6.09. The van der Waals surface area contributed by atoms with Crippen molar-refractivity contribution in [3.63, 3.8) is 0 Å². The van der Waals surface area contributed by atoms with Gasteiger partial charge in [-0.05, 0) is 56.0 Å². The number of halogens is 2. The zero-order valence-electron chi connectivity index (χ0n) is 12.9. The highest BCUT2D eigenvalue weighted by Crippen LogP contribution is 2.59. The monoisotopic (exact) mass is 344 g/mol. The summed E-state index contributed by atoms with van der Waals surface area (Å²) in [7, 11) is 3.41. The zero-order chi connectivity index (χ0) is 15.0. The van der Waals surface area contributed by atoms with Crippen molar-refractivity contribution < 1.29 is 9.53 Å². The number of rotatable bonds is 3. The van der Waals surface area contributed by atoms with Crippen LogP contribution in [-0.2, 0) is 4.79 Å². The van der Waals surface area contributed by atoms with Gasteiger partial charge in [-0.25, -0.2) is 0 Å². The average Bonchev–Trinajstić information content (AvgIpc) is 3.19. The molecule has 1 N–H and O–H groups in total. The summed E-state index contributed by atoms with van der Waals surface area (Å²) in [5, 5.41) is 3.89. The number of nitrogens with zero attached hydrogens (tertiary/aromatic N) is 1. The van der Waals surface area contributed by atoms with E-state index in [4.69, 9.17) is 16.3 Å². The van der Waals surface area contributed by atoms with E-state index in [0.29, 0.717) is 10.8 Å². The molecule has 1 atom stereocenters. The van der Waals surface area contributed by atoms with Gasteiger partial charge in [-0.3, -0.25) is 4.79 Å². The Morgan fingerprint density at radius 1 is 1.41 bits per heavy atom. The first-order valence-corrected chi connectivity index (χ1v) is 7.77. The zero-order valence-corrected chi connectivity index (χ0v) is 14.5. The number of anilines is 1. The summed E-state index contributed by atoms with van der Waals surface area (Å²) in [6.07, 6.45) is 3.25. The molecule has 1 spiro atoms. The molecular formula is C16H22Cl2N2O2. The van der Waals surface area contributed by atoms with Crippen LogP contribution >= 0.6 is 24.0 Å². The first-order chi connectivity index (χ1) is 10.1. The predicted molar refractivity (Wildman–Crippen MR) is 91.3 cm³/mol. The van der Waals surface area contributed by atoms with Crippen LogP contribution in [0.3, 0.4) is 0 Å². The average molecular weight is 345 g/mol. The molecule has 1 heterocycles. The number of benzene rings is 1. The van der Waals surface area contributed by atoms with Crippen LogP contribution in [0.25, 0.3) is 0 Å². The number of carbonyl (C=O) groups is 1.